The summed E-state index contributed by atoms with van der Waals surface area (Å²) in [6, 6.07) is 8.55. The van der Waals surface area contributed by atoms with Crippen LogP contribution in [-0.4, -0.2) is 49.2 Å². The summed E-state index contributed by atoms with van der Waals surface area (Å²) in [6.45, 7) is 4.82. The third-order valence-electron chi connectivity index (χ3n) is 5.92. The zero-order valence-corrected chi connectivity index (χ0v) is 15.1. The second-order valence-electron chi connectivity index (χ2n) is 7.34. The van der Waals surface area contributed by atoms with Crippen LogP contribution in [0, 0.1) is 5.92 Å². The topological polar surface area (TPSA) is 52.7 Å². The molecule has 3 aliphatic rings. The van der Waals surface area contributed by atoms with Gasteiger partial charge in [-0.2, -0.15) is 17.0 Å². The fourth-order valence-corrected chi connectivity index (χ4v) is 6.59. The van der Waals surface area contributed by atoms with Crippen LogP contribution in [0.3, 0.4) is 0 Å². The SMILES string of the molecule is CCc1ccc(C2CNCCN2S(=O)(=O)N2CC3CCC2C3)cc1. The van der Waals surface area contributed by atoms with Crippen LogP contribution in [0.5, 0.6) is 0 Å². The van der Waals surface area contributed by atoms with E-state index in [1.54, 1.807) is 8.61 Å². The standard InChI is InChI=1S/C18H27N3O2S/c1-2-14-3-6-16(7-4-14)18-12-19-9-10-20(18)24(22,23)21-13-15-5-8-17(21)11-15/h3-4,6-7,15,17-19H,2,5,8-13H2,1H3. The lowest BCUT2D eigenvalue weighted by atomic mass is 10.0. The van der Waals surface area contributed by atoms with Gasteiger partial charge < -0.3 is 5.32 Å². The van der Waals surface area contributed by atoms with Gasteiger partial charge in [-0.05, 0) is 42.7 Å². The third-order valence-corrected chi connectivity index (χ3v) is 7.99. The molecule has 1 aromatic carbocycles. The van der Waals surface area contributed by atoms with Gasteiger partial charge in [-0.25, -0.2) is 0 Å². The number of piperazine rings is 1. The summed E-state index contributed by atoms with van der Waals surface area (Å²) in [5.41, 5.74) is 2.38. The van der Waals surface area contributed by atoms with E-state index >= 15 is 0 Å². The summed E-state index contributed by atoms with van der Waals surface area (Å²) in [6.07, 6.45) is 4.29. The number of hydrogen-bond acceptors (Lipinski definition) is 3. The Balaban J connectivity index is 1.61. The highest BCUT2D eigenvalue weighted by atomic mass is 32.2. The molecule has 2 bridgehead atoms. The lowest BCUT2D eigenvalue weighted by Crippen LogP contribution is -2.54. The van der Waals surface area contributed by atoms with Gasteiger partial charge in [0, 0.05) is 32.2 Å². The first-order chi connectivity index (χ1) is 11.6. The highest BCUT2D eigenvalue weighted by Crippen LogP contribution is 2.41. The molecule has 1 aromatic rings. The summed E-state index contributed by atoms with van der Waals surface area (Å²) < 4.78 is 30.2. The number of nitrogens with one attached hydrogen (secondary N) is 1. The number of benzene rings is 1. The normalized spacial score (nSPS) is 31.6. The van der Waals surface area contributed by atoms with Gasteiger partial charge in [0.2, 0.25) is 0 Å². The Morgan fingerprint density at radius 2 is 1.96 bits per heavy atom. The summed E-state index contributed by atoms with van der Waals surface area (Å²) in [7, 11) is -3.38. The smallest absolute Gasteiger partial charge is 0.282 e. The van der Waals surface area contributed by atoms with E-state index in [-0.39, 0.29) is 12.1 Å². The molecule has 0 radical (unpaired) electrons. The van der Waals surface area contributed by atoms with E-state index in [2.05, 4.69) is 36.5 Å². The van der Waals surface area contributed by atoms with E-state index in [9.17, 15) is 8.42 Å². The monoisotopic (exact) mass is 349 g/mol. The van der Waals surface area contributed by atoms with Gasteiger partial charge in [-0.3, -0.25) is 0 Å². The third kappa shape index (κ3) is 2.79. The molecule has 132 valence electrons. The molecule has 3 fully saturated rings. The van der Waals surface area contributed by atoms with E-state index in [0.29, 0.717) is 19.0 Å². The Labute approximate surface area is 145 Å². The van der Waals surface area contributed by atoms with Crippen LogP contribution < -0.4 is 5.32 Å². The van der Waals surface area contributed by atoms with E-state index in [1.807, 2.05) is 0 Å². The predicted molar refractivity (Wildman–Crippen MR) is 94.9 cm³/mol. The molecule has 24 heavy (non-hydrogen) atoms. The van der Waals surface area contributed by atoms with Crippen LogP contribution >= 0.6 is 0 Å². The number of hydrogen-bond donors (Lipinski definition) is 1. The molecule has 1 N–H and O–H groups in total. The van der Waals surface area contributed by atoms with Gasteiger partial charge in [-0.15, -0.1) is 0 Å². The van der Waals surface area contributed by atoms with Crippen LogP contribution in [0.4, 0.5) is 0 Å². The largest absolute Gasteiger partial charge is 0.313 e. The molecule has 3 atom stereocenters. The molecule has 2 heterocycles. The Kier molecular flexibility index (Phi) is 4.41. The summed E-state index contributed by atoms with van der Waals surface area (Å²) in [5.74, 6) is 0.579. The summed E-state index contributed by atoms with van der Waals surface area (Å²) >= 11 is 0. The first-order valence-electron chi connectivity index (χ1n) is 9.17. The van der Waals surface area contributed by atoms with Crippen LogP contribution in [0.25, 0.3) is 0 Å². The number of aryl methyl sites for hydroxylation is 1. The Morgan fingerprint density at radius 1 is 1.17 bits per heavy atom. The van der Waals surface area contributed by atoms with E-state index in [0.717, 1.165) is 37.9 Å². The molecule has 5 nitrogen and oxygen atoms in total. The highest BCUT2D eigenvalue weighted by Gasteiger charge is 2.47. The molecule has 0 aromatic heterocycles. The maximum atomic E-state index is 13.3. The Morgan fingerprint density at radius 3 is 2.58 bits per heavy atom. The average Bonchev–Trinajstić information content (AvgIpc) is 3.25. The zero-order valence-electron chi connectivity index (χ0n) is 14.3. The number of piperidine rings is 1. The fourth-order valence-electron chi connectivity index (χ4n) is 4.52. The Bertz CT molecular complexity index is 689. The van der Waals surface area contributed by atoms with Crippen molar-refractivity contribution in [1.82, 2.24) is 13.9 Å². The molecule has 4 rings (SSSR count). The second-order valence-corrected chi connectivity index (χ2v) is 9.17. The van der Waals surface area contributed by atoms with Gasteiger partial charge in [-0.1, -0.05) is 31.2 Å². The van der Waals surface area contributed by atoms with E-state index in [4.69, 9.17) is 0 Å². The second kappa shape index (κ2) is 6.41. The molecule has 2 saturated heterocycles. The molecular formula is C18H27N3O2S. The van der Waals surface area contributed by atoms with Crippen LogP contribution in [0.2, 0.25) is 0 Å². The summed E-state index contributed by atoms with van der Waals surface area (Å²) in [4.78, 5) is 0. The van der Waals surface area contributed by atoms with Crippen molar-refractivity contribution in [2.45, 2.75) is 44.7 Å². The lowest BCUT2D eigenvalue weighted by molar-refractivity contribution is 0.233. The van der Waals surface area contributed by atoms with Crippen LogP contribution in [0.15, 0.2) is 24.3 Å². The average molecular weight is 350 g/mol. The number of fused-ring (bicyclic) bond motifs is 2. The van der Waals surface area contributed by atoms with Crippen molar-refractivity contribution in [3.8, 4) is 0 Å². The molecule has 1 aliphatic carbocycles. The quantitative estimate of drug-likeness (QED) is 0.904. The minimum absolute atomic E-state index is 0.103. The Hall–Kier alpha value is -0.950. The van der Waals surface area contributed by atoms with Crippen LogP contribution in [0.1, 0.15) is 43.4 Å². The molecule has 6 heteroatoms. The van der Waals surface area contributed by atoms with E-state index in [1.165, 1.54) is 12.0 Å². The molecule has 3 unspecified atom stereocenters. The molecule has 0 spiro atoms. The number of nitrogens with zero attached hydrogens (tertiary/aromatic N) is 2. The maximum absolute atomic E-state index is 13.3. The first-order valence-corrected chi connectivity index (χ1v) is 10.6. The molecule has 2 aliphatic heterocycles. The van der Waals surface area contributed by atoms with Gasteiger partial charge in [0.05, 0.1) is 6.04 Å². The van der Waals surface area contributed by atoms with Gasteiger partial charge in [0.15, 0.2) is 0 Å². The highest BCUT2D eigenvalue weighted by molar-refractivity contribution is 7.86. The minimum atomic E-state index is -3.38. The molecular weight excluding hydrogens is 322 g/mol. The first kappa shape index (κ1) is 16.5. The van der Waals surface area contributed by atoms with Crippen molar-refractivity contribution >= 4 is 10.2 Å². The fraction of sp³-hybridized carbons (Fsp3) is 0.667. The summed E-state index contributed by atoms with van der Waals surface area (Å²) in [5, 5.41) is 3.36. The zero-order chi connectivity index (χ0) is 16.7. The van der Waals surface area contributed by atoms with Gasteiger partial charge >= 0.3 is 0 Å². The predicted octanol–water partition coefficient (Wildman–Crippen LogP) is 1.92. The minimum Gasteiger partial charge on any atom is -0.313 e. The van der Waals surface area contributed by atoms with Crippen LogP contribution in [-0.2, 0) is 16.6 Å². The lowest BCUT2D eigenvalue weighted by Gasteiger charge is -2.39. The van der Waals surface area contributed by atoms with Crippen molar-refractivity contribution in [3.63, 3.8) is 0 Å². The molecule has 1 saturated carbocycles. The molecule has 0 amide bonds. The number of rotatable bonds is 4. The van der Waals surface area contributed by atoms with Gasteiger partial charge in [0.1, 0.15) is 0 Å². The van der Waals surface area contributed by atoms with Crippen molar-refractivity contribution in [2.24, 2.45) is 5.92 Å². The van der Waals surface area contributed by atoms with Crippen molar-refractivity contribution in [2.75, 3.05) is 26.2 Å². The van der Waals surface area contributed by atoms with E-state index < -0.39 is 10.2 Å². The maximum Gasteiger partial charge on any atom is 0.282 e. The van der Waals surface area contributed by atoms with Gasteiger partial charge in [0.25, 0.3) is 10.2 Å². The van der Waals surface area contributed by atoms with Crippen molar-refractivity contribution < 1.29 is 8.42 Å². The van der Waals surface area contributed by atoms with Crippen molar-refractivity contribution in [3.05, 3.63) is 35.4 Å². The van der Waals surface area contributed by atoms with Crippen molar-refractivity contribution in [1.29, 1.82) is 0 Å².